The first-order chi connectivity index (χ1) is 17.4. The number of nitrogens with zero attached hydrogens (tertiary/aromatic N) is 3. The number of ether oxygens (including phenoxy) is 1. The van der Waals surface area contributed by atoms with Crippen LogP contribution in [0.4, 0.5) is 5.69 Å². The van der Waals surface area contributed by atoms with Crippen molar-refractivity contribution in [3.63, 3.8) is 0 Å². The topological polar surface area (TPSA) is 65.9 Å². The second-order valence-electron chi connectivity index (χ2n) is 9.95. The number of thiophene rings is 1. The number of methoxy groups -OCH3 is 1. The number of carbonyl (C=O) groups is 1. The highest BCUT2D eigenvalue weighted by Gasteiger charge is 2.36. The molecule has 194 valence electrons. The standard InChI is InChI=1S/C28H37N3O3S2/c1-30(2)25-20-29-24-9-8-21(34-3)18-23(24)22(25)6-4-10-28(19-26(32)33)11-13-31(14-12-28)15-17-36-27-7-5-16-35-27/h5,7-9,16,18,20H,4,6,10-15,17,19H2,1-3H3,(H,32,33). The molecular formula is C28H37N3O3S2. The highest BCUT2D eigenvalue weighted by molar-refractivity contribution is 8.01. The Morgan fingerprint density at radius 1 is 1.28 bits per heavy atom. The van der Waals surface area contributed by atoms with Gasteiger partial charge in [-0.2, -0.15) is 0 Å². The molecule has 0 aliphatic carbocycles. The first-order valence-corrected chi connectivity index (χ1v) is 14.5. The molecule has 0 amide bonds. The Labute approximate surface area is 222 Å². The minimum Gasteiger partial charge on any atom is -0.497 e. The van der Waals surface area contributed by atoms with Crippen molar-refractivity contribution in [2.75, 3.05) is 51.5 Å². The normalized spacial score (nSPS) is 15.8. The van der Waals surface area contributed by atoms with Crippen molar-refractivity contribution < 1.29 is 14.6 Å². The van der Waals surface area contributed by atoms with Gasteiger partial charge in [0.2, 0.25) is 0 Å². The molecule has 0 bridgehead atoms. The van der Waals surface area contributed by atoms with E-state index in [4.69, 9.17) is 4.74 Å². The van der Waals surface area contributed by atoms with E-state index in [-0.39, 0.29) is 11.8 Å². The molecule has 6 nitrogen and oxygen atoms in total. The number of carboxylic acids is 1. The third-order valence-corrected chi connectivity index (χ3v) is 9.48. The number of likely N-dealkylation sites (tertiary alicyclic amines) is 1. The summed E-state index contributed by atoms with van der Waals surface area (Å²) in [5.74, 6) is 1.23. The van der Waals surface area contributed by atoms with E-state index in [1.165, 1.54) is 9.77 Å². The average molecular weight is 528 g/mol. The Morgan fingerprint density at radius 3 is 2.75 bits per heavy atom. The highest BCUT2D eigenvalue weighted by Crippen LogP contribution is 2.41. The van der Waals surface area contributed by atoms with Crippen LogP contribution in [0.5, 0.6) is 5.75 Å². The predicted octanol–water partition coefficient (Wildman–Crippen LogP) is 6.04. The number of carboxylic acid groups (broad SMARTS) is 1. The fourth-order valence-electron chi connectivity index (χ4n) is 5.34. The van der Waals surface area contributed by atoms with Crippen molar-refractivity contribution in [1.29, 1.82) is 0 Å². The Hall–Kier alpha value is -2.29. The van der Waals surface area contributed by atoms with Gasteiger partial charge < -0.3 is 19.6 Å². The van der Waals surface area contributed by atoms with Gasteiger partial charge in [-0.05, 0) is 85.8 Å². The van der Waals surface area contributed by atoms with Gasteiger partial charge in [-0.3, -0.25) is 9.78 Å². The number of hydrogen-bond acceptors (Lipinski definition) is 7. The summed E-state index contributed by atoms with van der Waals surface area (Å²) in [6, 6.07) is 10.3. The lowest BCUT2D eigenvalue weighted by Crippen LogP contribution is -2.42. The van der Waals surface area contributed by atoms with Crippen LogP contribution in [0.3, 0.4) is 0 Å². The highest BCUT2D eigenvalue weighted by atomic mass is 32.2. The number of rotatable bonds is 12. The first kappa shape index (κ1) is 26.8. The molecule has 1 aromatic carbocycles. The summed E-state index contributed by atoms with van der Waals surface area (Å²) in [5.41, 5.74) is 3.21. The van der Waals surface area contributed by atoms with E-state index in [0.29, 0.717) is 0 Å². The summed E-state index contributed by atoms with van der Waals surface area (Å²) in [5, 5.41) is 13.0. The number of fused-ring (bicyclic) bond motifs is 1. The van der Waals surface area contributed by atoms with Crippen LogP contribution < -0.4 is 9.64 Å². The number of pyridine rings is 1. The molecule has 0 unspecified atom stereocenters. The molecule has 36 heavy (non-hydrogen) atoms. The van der Waals surface area contributed by atoms with E-state index in [0.717, 1.165) is 79.8 Å². The fourth-order valence-corrected chi connectivity index (χ4v) is 7.20. The fraction of sp³-hybridized carbons (Fsp3) is 0.500. The summed E-state index contributed by atoms with van der Waals surface area (Å²) in [6.45, 7) is 3.02. The molecule has 0 spiro atoms. The third-order valence-electron chi connectivity index (χ3n) is 7.37. The Morgan fingerprint density at radius 2 is 2.08 bits per heavy atom. The number of thioether (sulfide) groups is 1. The van der Waals surface area contributed by atoms with E-state index in [2.05, 4.69) is 38.4 Å². The van der Waals surface area contributed by atoms with Crippen LogP contribution in [0.15, 0.2) is 46.1 Å². The second kappa shape index (κ2) is 12.3. The Kier molecular flexibility index (Phi) is 9.14. The molecule has 1 aliphatic rings. The minimum atomic E-state index is -0.676. The lowest BCUT2D eigenvalue weighted by atomic mass is 9.72. The molecule has 0 radical (unpaired) electrons. The van der Waals surface area contributed by atoms with E-state index in [1.807, 2.05) is 44.2 Å². The van der Waals surface area contributed by atoms with Gasteiger partial charge in [0.1, 0.15) is 5.75 Å². The summed E-state index contributed by atoms with van der Waals surface area (Å²) >= 11 is 3.71. The molecule has 0 saturated carbocycles. The Bertz CT molecular complexity index is 1140. The van der Waals surface area contributed by atoms with Crippen molar-refractivity contribution in [3.05, 3.63) is 47.5 Å². The SMILES string of the molecule is COc1ccc2ncc(N(C)C)c(CCCC3(CC(=O)O)CCN(CCSc4cccs4)CC3)c2c1. The summed E-state index contributed by atoms with van der Waals surface area (Å²) in [4.78, 5) is 21.1. The van der Waals surface area contributed by atoms with Crippen LogP contribution >= 0.6 is 23.1 Å². The summed E-state index contributed by atoms with van der Waals surface area (Å²) in [7, 11) is 5.78. The van der Waals surface area contributed by atoms with Crippen LogP contribution in [-0.2, 0) is 11.2 Å². The molecule has 3 heterocycles. The number of piperidine rings is 1. The number of aromatic nitrogens is 1. The van der Waals surface area contributed by atoms with Gasteiger partial charge in [0.15, 0.2) is 0 Å². The first-order valence-electron chi connectivity index (χ1n) is 12.6. The van der Waals surface area contributed by atoms with Crippen molar-refractivity contribution in [2.24, 2.45) is 5.41 Å². The van der Waals surface area contributed by atoms with E-state index < -0.39 is 5.97 Å². The number of hydrogen-bond donors (Lipinski definition) is 1. The smallest absolute Gasteiger partial charge is 0.303 e. The maximum absolute atomic E-state index is 11.8. The number of aliphatic carboxylic acids is 1. The van der Waals surface area contributed by atoms with E-state index in [9.17, 15) is 9.90 Å². The quantitative estimate of drug-likeness (QED) is 0.288. The molecule has 1 N–H and O–H groups in total. The number of anilines is 1. The molecule has 1 saturated heterocycles. The molecule has 1 aliphatic heterocycles. The Balaban J connectivity index is 1.41. The van der Waals surface area contributed by atoms with Crippen molar-refractivity contribution in [2.45, 2.75) is 42.7 Å². The van der Waals surface area contributed by atoms with Gasteiger partial charge in [-0.1, -0.05) is 6.07 Å². The van der Waals surface area contributed by atoms with Crippen LogP contribution in [0.2, 0.25) is 0 Å². The zero-order valence-electron chi connectivity index (χ0n) is 21.5. The predicted molar refractivity (Wildman–Crippen MR) is 151 cm³/mol. The van der Waals surface area contributed by atoms with Crippen molar-refractivity contribution in [3.8, 4) is 5.75 Å². The van der Waals surface area contributed by atoms with Crippen LogP contribution in [-0.4, -0.2) is 67.6 Å². The average Bonchev–Trinajstić information content (AvgIpc) is 3.38. The van der Waals surface area contributed by atoms with Crippen LogP contribution in [0.1, 0.15) is 37.7 Å². The largest absolute Gasteiger partial charge is 0.497 e. The monoisotopic (exact) mass is 527 g/mol. The zero-order chi connectivity index (χ0) is 25.5. The lowest BCUT2D eigenvalue weighted by molar-refractivity contribution is -0.140. The van der Waals surface area contributed by atoms with Crippen molar-refractivity contribution >= 4 is 45.7 Å². The molecular weight excluding hydrogens is 490 g/mol. The van der Waals surface area contributed by atoms with Crippen LogP contribution in [0, 0.1) is 5.41 Å². The number of aryl methyl sites for hydroxylation is 1. The zero-order valence-corrected chi connectivity index (χ0v) is 23.2. The van der Waals surface area contributed by atoms with Crippen LogP contribution in [0.25, 0.3) is 10.9 Å². The van der Waals surface area contributed by atoms with E-state index in [1.54, 1.807) is 18.4 Å². The second-order valence-corrected chi connectivity index (χ2v) is 12.3. The molecule has 8 heteroatoms. The molecule has 3 aromatic rings. The minimum absolute atomic E-state index is 0.123. The maximum Gasteiger partial charge on any atom is 0.303 e. The summed E-state index contributed by atoms with van der Waals surface area (Å²) < 4.78 is 6.85. The van der Waals surface area contributed by atoms with Gasteiger partial charge in [-0.25, -0.2) is 0 Å². The van der Waals surface area contributed by atoms with Gasteiger partial charge in [0, 0.05) is 31.8 Å². The third kappa shape index (κ3) is 6.72. The van der Waals surface area contributed by atoms with Gasteiger partial charge in [-0.15, -0.1) is 23.1 Å². The maximum atomic E-state index is 11.8. The molecule has 0 atom stereocenters. The van der Waals surface area contributed by atoms with Gasteiger partial charge in [0.05, 0.1) is 35.1 Å². The number of benzene rings is 1. The van der Waals surface area contributed by atoms with E-state index >= 15 is 0 Å². The molecule has 4 rings (SSSR count). The van der Waals surface area contributed by atoms with Gasteiger partial charge >= 0.3 is 5.97 Å². The molecule has 1 fully saturated rings. The van der Waals surface area contributed by atoms with Gasteiger partial charge in [0.25, 0.3) is 0 Å². The summed E-state index contributed by atoms with van der Waals surface area (Å²) in [6.07, 6.45) is 6.89. The molecule has 2 aromatic heterocycles. The lowest BCUT2D eigenvalue weighted by Gasteiger charge is -2.41. The van der Waals surface area contributed by atoms with Crippen molar-refractivity contribution in [1.82, 2.24) is 9.88 Å².